The van der Waals surface area contributed by atoms with Crippen LogP contribution in [-0.2, 0) is 0 Å². The van der Waals surface area contributed by atoms with Crippen LogP contribution in [0.3, 0.4) is 0 Å². The van der Waals surface area contributed by atoms with Gasteiger partial charge >= 0.3 is 0 Å². The molecule has 100 valence electrons. The molecule has 0 amide bonds. The fraction of sp³-hybridized carbons (Fsp3) is 0.529. The van der Waals surface area contributed by atoms with Crippen LogP contribution in [0.2, 0.25) is 0 Å². The Morgan fingerprint density at radius 3 is 1.89 bits per heavy atom. The molecule has 0 fully saturated rings. The van der Waals surface area contributed by atoms with Gasteiger partial charge < -0.3 is 5.11 Å². The van der Waals surface area contributed by atoms with Gasteiger partial charge in [0.25, 0.3) is 0 Å². The highest BCUT2D eigenvalue weighted by Gasteiger charge is 2.09. The first-order valence-corrected chi connectivity index (χ1v) is 6.94. The third kappa shape index (κ3) is 3.71. The van der Waals surface area contributed by atoms with E-state index in [2.05, 4.69) is 52.8 Å². The number of benzene rings is 1. The van der Waals surface area contributed by atoms with Crippen molar-refractivity contribution in [1.29, 1.82) is 0 Å². The summed E-state index contributed by atoms with van der Waals surface area (Å²) in [5, 5.41) is 9.11. The van der Waals surface area contributed by atoms with E-state index in [1.54, 1.807) is 0 Å². The lowest BCUT2D eigenvalue weighted by Gasteiger charge is -2.15. The molecule has 1 aromatic rings. The van der Waals surface area contributed by atoms with Crippen LogP contribution in [0.15, 0.2) is 24.3 Å². The molecule has 0 saturated carbocycles. The monoisotopic (exact) mass is 246 g/mol. The second-order valence-corrected chi connectivity index (χ2v) is 5.46. The minimum absolute atomic E-state index is 0.117. The topological polar surface area (TPSA) is 20.2 Å². The van der Waals surface area contributed by atoms with Crippen molar-refractivity contribution in [3.63, 3.8) is 0 Å². The van der Waals surface area contributed by atoms with Crippen molar-refractivity contribution in [2.45, 2.75) is 52.9 Å². The van der Waals surface area contributed by atoms with Gasteiger partial charge in [-0.1, -0.05) is 58.9 Å². The maximum absolute atomic E-state index is 9.11. The predicted octanol–water partition coefficient (Wildman–Crippen LogP) is 4.72. The summed E-state index contributed by atoms with van der Waals surface area (Å²) in [4.78, 5) is 0. The molecule has 0 bridgehead atoms. The molecular weight excluding hydrogens is 220 g/mol. The van der Waals surface area contributed by atoms with Crippen LogP contribution < -0.4 is 0 Å². The van der Waals surface area contributed by atoms with Gasteiger partial charge in [-0.15, -0.1) is 0 Å². The fourth-order valence-electron chi connectivity index (χ4n) is 2.11. The highest BCUT2D eigenvalue weighted by atomic mass is 16.2. The van der Waals surface area contributed by atoms with Gasteiger partial charge in [-0.05, 0) is 40.5 Å². The highest BCUT2D eigenvalue weighted by Crippen LogP contribution is 2.28. The van der Waals surface area contributed by atoms with Gasteiger partial charge in [-0.3, -0.25) is 0 Å². The number of rotatable bonds is 5. The van der Waals surface area contributed by atoms with E-state index in [1.807, 2.05) is 6.08 Å². The van der Waals surface area contributed by atoms with Crippen LogP contribution in [0.5, 0.6) is 0 Å². The van der Waals surface area contributed by atoms with E-state index in [9.17, 15) is 0 Å². The lowest BCUT2D eigenvalue weighted by atomic mass is 9.90. The van der Waals surface area contributed by atoms with Gasteiger partial charge in [0.05, 0.1) is 6.61 Å². The first kappa shape index (κ1) is 15.0. The van der Waals surface area contributed by atoms with Gasteiger partial charge in [-0.25, -0.2) is 0 Å². The van der Waals surface area contributed by atoms with Crippen molar-refractivity contribution in [2.24, 2.45) is 0 Å². The Bertz CT molecular complexity index is 387. The van der Waals surface area contributed by atoms with E-state index in [0.29, 0.717) is 11.8 Å². The van der Waals surface area contributed by atoms with E-state index in [0.717, 1.165) is 6.42 Å². The zero-order valence-corrected chi connectivity index (χ0v) is 12.3. The Balaban J connectivity index is 3.30. The molecule has 0 aliphatic rings. The van der Waals surface area contributed by atoms with Crippen molar-refractivity contribution in [3.05, 3.63) is 41.0 Å². The molecule has 0 radical (unpaired) electrons. The van der Waals surface area contributed by atoms with Gasteiger partial charge in [0, 0.05) is 0 Å². The van der Waals surface area contributed by atoms with Crippen LogP contribution in [0, 0.1) is 0 Å². The molecular formula is C17H26O. The lowest BCUT2D eigenvalue weighted by Crippen LogP contribution is -1.97. The molecule has 1 rings (SSSR count). The Morgan fingerprint density at radius 1 is 1.06 bits per heavy atom. The molecule has 0 aliphatic heterocycles. The molecule has 0 saturated heterocycles. The summed E-state index contributed by atoms with van der Waals surface area (Å²) in [5.74, 6) is 1.07. The molecule has 0 atom stereocenters. The number of allylic oxidation sites excluding steroid dienone is 1. The standard InChI is InChI=1S/C17H26O/c1-6-14(7-8-18)17-10-15(12(2)3)9-16(11-17)13(4)5/h7,9-13,18H,6,8H2,1-5H3. The number of aliphatic hydroxyl groups excluding tert-OH is 1. The van der Waals surface area contributed by atoms with E-state index in [-0.39, 0.29) is 6.61 Å². The first-order valence-electron chi connectivity index (χ1n) is 6.94. The van der Waals surface area contributed by atoms with Crippen molar-refractivity contribution < 1.29 is 5.11 Å². The van der Waals surface area contributed by atoms with Crippen LogP contribution in [-0.4, -0.2) is 11.7 Å². The quantitative estimate of drug-likeness (QED) is 0.797. The summed E-state index contributed by atoms with van der Waals surface area (Å²) >= 11 is 0. The largest absolute Gasteiger partial charge is 0.392 e. The molecule has 0 spiro atoms. The Hall–Kier alpha value is -1.08. The second-order valence-electron chi connectivity index (χ2n) is 5.46. The third-order valence-corrected chi connectivity index (χ3v) is 3.40. The Labute approximate surface area is 112 Å². The highest BCUT2D eigenvalue weighted by molar-refractivity contribution is 5.67. The van der Waals surface area contributed by atoms with Crippen LogP contribution in [0.1, 0.15) is 69.6 Å². The van der Waals surface area contributed by atoms with Gasteiger partial charge in [0.15, 0.2) is 0 Å². The van der Waals surface area contributed by atoms with Crippen LogP contribution in [0.25, 0.3) is 5.57 Å². The molecule has 0 heterocycles. The van der Waals surface area contributed by atoms with E-state index in [1.165, 1.54) is 22.3 Å². The van der Waals surface area contributed by atoms with Crippen LogP contribution in [0.4, 0.5) is 0 Å². The van der Waals surface area contributed by atoms with E-state index < -0.39 is 0 Å². The number of hydrogen-bond donors (Lipinski definition) is 1. The number of hydrogen-bond acceptors (Lipinski definition) is 1. The van der Waals surface area contributed by atoms with Gasteiger partial charge in [0.1, 0.15) is 0 Å². The summed E-state index contributed by atoms with van der Waals surface area (Å²) in [6.07, 6.45) is 2.88. The maximum Gasteiger partial charge on any atom is 0.0618 e. The van der Waals surface area contributed by atoms with Crippen LogP contribution >= 0.6 is 0 Å². The SMILES string of the molecule is CCC(=CCO)c1cc(C(C)C)cc(C(C)C)c1. The molecule has 0 unspecified atom stereocenters. The maximum atomic E-state index is 9.11. The molecule has 1 heteroatoms. The summed E-state index contributed by atoms with van der Waals surface area (Å²) in [6.45, 7) is 11.2. The Kier molecular flexibility index (Phi) is 5.61. The molecule has 18 heavy (non-hydrogen) atoms. The lowest BCUT2D eigenvalue weighted by molar-refractivity contribution is 0.343. The first-order chi connectivity index (χ1) is 8.49. The fourth-order valence-corrected chi connectivity index (χ4v) is 2.11. The summed E-state index contributed by atoms with van der Waals surface area (Å²) in [7, 11) is 0. The minimum atomic E-state index is 0.117. The van der Waals surface area contributed by atoms with Gasteiger partial charge in [-0.2, -0.15) is 0 Å². The average molecular weight is 246 g/mol. The van der Waals surface area contributed by atoms with E-state index >= 15 is 0 Å². The third-order valence-electron chi connectivity index (χ3n) is 3.40. The average Bonchev–Trinajstić information content (AvgIpc) is 2.35. The van der Waals surface area contributed by atoms with Crippen molar-refractivity contribution in [1.82, 2.24) is 0 Å². The minimum Gasteiger partial charge on any atom is -0.392 e. The van der Waals surface area contributed by atoms with Gasteiger partial charge in [0.2, 0.25) is 0 Å². The zero-order chi connectivity index (χ0) is 13.7. The predicted molar refractivity (Wildman–Crippen MR) is 80.0 cm³/mol. The van der Waals surface area contributed by atoms with E-state index in [4.69, 9.17) is 5.11 Å². The summed E-state index contributed by atoms with van der Waals surface area (Å²) < 4.78 is 0. The van der Waals surface area contributed by atoms with Crippen molar-refractivity contribution in [3.8, 4) is 0 Å². The van der Waals surface area contributed by atoms with Crippen molar-refractivity contribution >= 4 is 5.57 Å². The summed E-state index contributed by atoms with van der Waals surface area (Å²) in [6, 6.07) is 6.84. The molecule has 1 nitrogen and oxygen atoms in total. The molecule has 1 N–H and O–H groups in total. The molecule has 0 aromatic heterocycles. The zero-order valence-electron chi connectivity index (χ0n) is 12.3. The second kappa shape index (κ2) is 6.75. The number of aliphatic hydroxyl groups is 1. The smallest absolute Gasteiger partial charge is 0.0618 e. The normalized spacial score (nSPS) is 12.6. The molecule has 1 aromatic carbocycles. The summed E-state index contributed by atoms with van der Waals surface area (Å²) in [5.41, 5.74) is 5.27. The molecule has 0 aliphatic carbocycles. The Morgan fingerprint density at radius 2 is 1.56 bits per heavy atom. The van der Waals surface area contributed by atoms with Crippen molar-refractivity contribution in [2.75, 3.05) is 6.61 Å².